The third kappa shape index (κ3) is 3.25. The second-order valence-corrected chi connectivity index (χ2v) is 5.13. The molecule has 0 radical (unpaired) electrons. The number of carbonyl (C=O) groups excluding carboxylic acids is 1. The van der Waals surface area contributed by atoms with Crippen LogP contribution in [0.5, 0.6) is 5.75 Å². The first kappa shape index (κ1) is 12.9. The fourth-order valence-corrected chi connectivity index (χ4v) is 2.35. The zero-order valence-electron chi connectivity index (χ0n) is 11.1. The molecule has 98 valence electrons. The quantitative estimate of drug-likeness (QED) is 0.882. The molecule has 1 aromatic rings. The maximum Gasteiger partial charge on any atom is 0.227 e. The fourth-order valence-electron chi connectivity index (χ4n) is 2.35. The summed E-state index contributed by atoms with van der Waals surface area (Å²) in [5.74, 6) is 1.06. The molecule has 3 heteroatoms. The molecule has 2 rings (SSSR count). The number of hydrogen-bond acceptors (Lipinski definition) is 2. The normalized spacial score (nSPS) is 15.9. The van der Waals surface area contributed by atoms with Crippen molar-refractivity contribution in [2.24, 2.45) is 5.92 Å². The molecule has 1 amide bonds. The van der Waals surface area contributed by atoms with Gasteiger partial charge in [-0.05, 0) is 38.8 Å². The predicted molar refractivity (Wildman–Crippen MR) is 72.8 cm³/mol. The Labute approximate surface area is 109 Å². The summed E-state index contributed by atoms with van der Waals surface area (Å²) in [7, 11) is 0. The number of para-hydroxylation sites is 2. The molecule has 1 N–H and O–H groups in total. The zero-order valence-corrected chi connectivity index (χ0v) is 11.1. The first-order valence-electron chi connectivity index (χ1n) is 6.73. The van der Waals surface area contributed by atoms with E-state index in [4.69, 9.17) is 4.74 Å². The number of ether oxygens (including phenoxy) is 1. The summed E-state index contributed by atoms with van der Waals surface area (Å²) in [6.45, 7) is 3.96. The minimum absolute atomic E-state index is 0.106. The number of nitrogens with one attached hydrogen (secondary N) is 1. The zero-order chi connectivity index (χ0) is 13.0. The lowest BCUT2D eigenvalue weighted by Gasteiger charge is -2.16. The summed E-state index contributed by atoms with van der Waals surface area (Å²) in [6.07, 6.45) is 4.47. The minimum Gasteiger partial charge on any atom is -0.489 e. The van der Waals surface area contributed by atoms with Crippen molar-refractivity contribution >= 4 is 11.6 Å². The van der Waals surface area contributed by atoms with E-state index in [0.29, 0.717) is 0 Å². The Morgan fingerprint density at radius 2 is 1.94 bits per heavy atom. The van der Waals surface area contributed by atoms with Crippen molar-refractivity contribution in [3.63, 3.8) is 0 Å². The third-order valence-electron chi connectivity index (χ3n) is 3.23. The van der Waals surface area contributed by atoms with Crippen LogP contribution in [0.3, 0.4) is 0 Å². The fraction of sp³-hybridized carbons (Fsp3) is 0.533. The second kappa shape index (κ2) is 5.89. The Balaban J connectivity index is 2.05. The van der Waals surface area contributed by atoms with Crippen LogP contribution < -0.4 is 10.1 Å². The van der Waals surface area contributed by atoms with Gasteiger partial charge in [0.2, 0.25) is 5.91 Å². The van der Waals surface area contributed by atoms with E-state index in [1.165, 1.54) is 12.8 Å². The second-order valence-electron chi connectivity index (χ2n) is 5.13. The highest BCUT2D eigenvalue weighted by Gasteiger charge is 2.23. The third-order valence-corrected chi connectivity index (χ3v) is 3.23. The SMILES string of the molecule is CC(C)Oc1ccccc1NC(=O)C1CCCC1. The van der Waals surface area contributed by atoms with Crippen LogP contribution in [0.1, 0.15) is 39.5 Å². The molecule has 18 heavy (non-hydrogen) atoms. The number of hydrogen-bond donors (Lipinski definition) is 1. The maximum absolute atomic E-state index is 12.1. The Morgan fingerprint density at radius 3 is 2.61 bits per heavy atom. The van der Waals surface area contributed by atoms with Gasteiger partial charge in [-0.2, -0.15) is 0 Å². The van der Waals surface area contributed by atoms with Crippen LogP contribution in [0.4, 0.5) is 5.69 Å². The minimum atomic E-state index is 0.106. The van der Waals surface area contributed by atoms with E-state index in [2.05, 4.69) is 5.32 Å². The Kier molecular flexibility index (Phi) is 4.24. The van der Waals surface area contributed by atoms with E-state index in [0.717, 1.165) is 24.3 Å². The molecule has 0 heterocycles. The Morgan fingerprint density at radius 1 is 1.28 bits per heavy atom. The lowest BCUT2D eigenvalue weighted by Crippen LogP contribution is -2.21. The molecule has 0 bridgehead atoms. The van der Waals surface area contributed by atoms with Crippen LogP contribution in [0.15, 0.2) is 24.3 Å². The molecule has 1 aliphatic carbocycles. The molecule has 0 unspecified atom stereocenters. The van der Waals surface area contributed by atoms with Crippen molar-refractivity contribution in [3.8, 4) is 5.75 Å². The molecule has 1 aromatic carbocycles. The van der Waals surface area contributed by atoms with Crippen LogP contribution in [-0.2, 0) is 4.79 Å². The molecular formula is C15H21NO2. The van der Waals surface area contributed by atoms with Crippen LogP contribution in [-0.4, -0.2) is 12.0 Å². The number of anilines is 1. The van der Waals surface area contributed by atoms with Gasteiger partial charge in [0.15, 0.2) is 0 Å². The van der Waals surface area contributed by atoms with E-state index in [1.54, 1.807) is 0 Å². The van der Waals surface area contributed by atoms with Gasteiger partial charge in [0.05, 0.1) is 11.8 Å². The van der Waals surface area contributed by atoms with Gasteiger partial charge in [0.1, 0.15) is 5.75 Å². The molecule has 1 fully saturated rings. The van der Waals surface area contributed by atoms with Gasteiger partial charge in [-0.25, -0.2) is 0 Å². The van der Waals surface area contributed by atoms with E-state index in [-0.39, 0.29) is 17.9 Å². The molecule has 0 aromatic heterocycles. The average Bonchev–Trinajstić information content (AvgIpc) is 2.84. The number of rotatable bonds is 4. The summed E-state index contributed by atoms with van der Waals surface area (Å²) in [4.78, 5) is 12.1. The van der Waals surface area contributed by atoms with Gasteiger partial charge in [-0.3, -0.25) is 4.79 Å². The monoisotopic (exact) mass is 247 g/mol. The average molecular weight is 247 g/mol. The smallest absolute Gasteiger partial charge is 0.227 e. The molecule has 0 spiro atoms. The van der Waals surface area contributed by atoms with Gasteiger partial charge in [-0.1, -0.05) is 25.0 Å². The van der Waals surface area contributed by atoms with Gasteiger partial charge in [-0.15, -0.1) is 0 Å². The molecular weight excluding hydrogens is 226 g/mol. The standard InChI is InChI=1S/C15H21NO2/c1-11(2)18-14-10-6-5-9-13(14)16-15(17)12-7-3-4-8-12/h5-6,9-12H,3-4,7-8H2,1-2H3,(H,16,17). The van der Waals surface area contributed by atoms with Crippen molar-refractivity contribution in [1.29, 1.82) is 0 Å². The largest absolute Gasteiger partial charge is 0.489 e. The number of carbonyl (C=O) groups is 1. The number of benzene rings is 1. The maximum atomic E-state index is 12.1. The molecule has 1 aliphatic rings. The lowest BCUT2D eigenvalue weighted by atomic mass is 10.1. The molecule has 0 aliphatic heterocycles. The molecule has 3 nitrogen and oxygen atoms in total. The van der Waals surface area contributed by atoms with Crippen LogP contribution in [0.25, 0.3) is 0 Å². The van der Waals surface area contributed by atoms with Crippen molar-refractivity contribution in [1.82, 2.24) is 0 Å². The highest BCUT2D eigenvalue weighted by Crippen LogP contribution is 2.29. The lowest BCUT2D eigenvalue weighted by molar-refractivity contribution is -0.119. The predicted octanol–water partition coefficient (Wildman–Crippen LogP) is 3.60. The van der Waals surface area contributed by atoms with Crippen molar-refractivity contribution in [3.05, 3.63) is 24.3 Å². The van der Waals surface area contributed by atoms with Gasteiger partial charge >= 0.3 is 0 Å². The summed E-state index contributed by atoms with van der Waals surface area (Å²) in [5, 5.41) is 2.99. The van der Waals surface area contributed by atoms with Gasteiger partial charge < -0.3 is 10.1 Å². The summed E-state index contributed by atoms with van der Waals surface area (Å²) in [6, 6.07) is 7.62. The molecule has 0 atom stereocenters. The first-order chi connectivity index (χ1) is 8.66. The van der Waals surface area contributed by atoms with E-state index >= 15 is 0 Å². The highest BCUT2D eigenvalue weighted by atomic mass is 16.5. The summed E-state index contributed by atoms with van der Waals surface area (Å²) in [5.41, 5.74) is 0.781. The first-order valence-corrected chi connectivity index (χ1v) is 6.73. The number of amides is 1. The van der Waals surface area contributed by atoms with E-state index in [9.17, 15) is 4.79 Å². The van der Waals surface area contributed by atoms with Crippen LogP contribution >= 0.6 is 0 Å². The van der Waals surface area contributed by atoms with Crippen molar-refractivity contribution in [2.75, 3.05) is 5.32 Å². The summed E-state index contributed by atoms with van der Waals surface area (Å²) < 4.78 is 5.69. The highest BCUT2D eigenvalue weighted by molar-refractivity contribution is 5.94. The summed E-state index contributed by atoms with van der Waals surface area (Å²) >= 11 is 0. The molecule has 1 saturated carbocycles. The van der Waals surface area contributed by atoms with E-state index < -0.39 is 0 Å². The van der Waals surface area contributed by atoms with Crippen LogP contribution in [0.2, 0.25) is 0 Å². The topological polar surface area (TPSA) is 38.3 Å². The van der Waals surface area contributed by atoms with Crippen molar-refractivity contribution in [2.45, 2.75) is 45.6 Å². The van der Waals surface area contributed by atoms with Gasteiger partial charge in [0.25, 0.3) is 0 Å². The molecule has 0 saturated heterocycles. The Bertz CT molecular complexity index is 409. The van der Waals surface area contributed by atoms with Gasteiger partial charge in [0, 0.05) is 5.92 Å². The van der Waals surface area contributed by atoms with E-state index in [1.807, 2.05) is 38.1 Å². The van der Waals surface area contributed by atoms with Crippen LogP contribution in [0, 0.1) is 5.92 Å². The Hall–Kier alpha value is -1.51. The van der Waals surface area contributed by atoms with Crippen molar-refractivity contribution < 1.29 is 9.53 Å².